The first-order chi connectivity index (χ1) is 12.8. The maximum Gasteiger partial charge on any atom is 0.308 e. The van der Waals surface area contributed by atoms with Gasteiger partial charge in [-0.15, -0.1) is 0 Å². The molecule has 2 aromatic carbocycles. The number of esters is 1. The summed E-state index contributed by atoms with van der Waals surface area (Å²) in [5.41, 5.74) is 1.13. The van der Waals surface area contributed by atoms with Gasteiger partial charge in [-0.2, -0.15) is 0 Å². The molecule has 0 aliphatic carbocycles. The van der Waals surface area contributed by atoms with Crippen molar-refractivity contribution >= 4 is 46.8 Å². The van der Waals surface area contributed by atoms with E-state index in [9.17, 15) is 9.59 Å². The highest BCUT2D eigenvalue weighted by atomic mass is 35.5. The van der Waals surface area contributed by atoms with Crippen molar-refractivity contribution in [1.29, 1.82) is 0 Å². The second-order valence-electron chi connectivity index (χ2n) is 5.30. The van der Waals surface area contributed by atoms with Crippen LogP contribution < -0.4 is 19.5 Å². The number of amides is 1. The maximum atomic E-state index is 12.1. The van der Waals surface area contributed by atoms with Gasteiger partial charge in [0.25, 0.3) is 0 Å². The first-order valence-electron chi connectivity index (χ1n) is 7.72. The monoisotopic (exact) mass is 409 g/mol. The normalized spacial score (nSPS) is 10.6. The Morgan fingerprint density at radius 2 is 1.63 bits per heavy atom. The largest absolute Gasteiger partial charge is 0.493 e. The molecular formula is C19H17Cl2NO5. The molecule has 1 amide bonds. The molecule has 0 spiro atoms. The molecule has 2 rings (SSSR count). The van der Waals surface area contributed by atoms with E-state index in [2.05, 4.69) is 5.32 Å². The number of carbonyl (C=O) groups is 2. The van der Waals surface area contributed by atoms with Gasteiger partial charge in [0, 0.05) is 18.7 Å². The fraction of sp³-hybridized carbons (Fsp3) is 0.158. The number of anilines is 1. The van der Waals surface area contributed by atoms with Crippen LogP contribution in [0.4, 0.5) is 5.69 Å². The summed E-state index contributed by atoms with van der Waals surface area (Å²) in [6, 6.07) is 8.01. The SMILES string of the molecule is COc1cc(/C=C/C(=O)Nc2ccc(Cl)c(Cl)c2)cc(OC)c1OC(C)=O. The van der Waals surface area contributed by atoms with Crippen molar-refractivity contribution in [3.05, 3.63) is 52.0 Å². The molecule has 0 radical (unpaired) electrons. The van der Waals surface area contributed by atoms with Gasteiger partial charge in [-0.05, 0) is 42.0 Å². The van der Waals surface area contributed by atoms with Crippen molar-refractivity contribution in [2.75, 3.05) is 19.5 Å². The molecular weight excluding hydrogens is 393 g/mol. The number of hydrogen-bond acceptors (Lipinski definition) is 5. The van der Waals surface area contributed by atoms with Crippen molar-refractivity contribution in [2.24, 2.45) is 0 Å². The lowest BCUT2D eigenvalue weighted by atomic mass is 10.1. The zero-order valence-corrected chi connectivity index (χ0v) is 16.4. The van der Waals surface area contributed by atoms with E-state index < -0.39 is 5.97 Å². The number of nitrogens with one attached hydrogen (secondary N) is 1. The van der Waals surface area contributed by atoms with E-state index in [4.69, 9.17) is 37.4 Å². The summed E-state index contributed by atoms with van der Waals surface area (Å²) >= 11 is 11.8. The second-order valence-corrected chi connectivity index (χ2v) is 6.11. The van der Waals surface area contributed by atoms with Gasteiger partial charge in [-0.1, -0.05) is 23.2 Å². The Balaban J connectivity index is 2.21. The molecule has 1 N–H and O–H groups in total. The Hall–Kier alpha value is -2.70. The fourth-order valence-corrected chi connectivity index (χ4v) is 2.47. The molecule has 0 aliphatic heterocycles. The molecule has 0 aliphatic rings. The molecule has 0 unspecified atom stereocenters. The number of ether oxygens (including phenoxy) is 3. The van der Waals surface area contributed by atoms with Crippen LogP contribution in [0, 0.1) is 0 Å². The van der Waals surface area contributed by atoms with Gasteiger partial charge in [0.2, 0.25) is 11.7 Å². The Labute approximate surface area is 166 Å². The summed E-state index contributed by atoms with van der Waals surface area (Å²) in [5.74, 6) is -0.0978. The van der Waals surface area contributed by atoms with Crippen LogP contribution in [0.3, 0.4) is 0 Å². The molecule has 142 valence electrons. The number of halogens is 2. The highest BCUT2D eigenvalue weighted by molar-refractivity contribution is 6.42. The summed E-state index contributed by atoms with van der Waals surface area (Å²) in [5, 5.41) is 3.42. The Morgan fingerprint density at radius 1 is 1.00 bits per heavy atom. The van der Waals surface area contributed by atoms with Crippen molar-refractivity contribution < 1.29 is 23.8 Å². The van der Waals surface area contributed by atoms with E-state index in [-0.39, 0.29) is 11.7 Å². The number of benzene rings is 2. The third-order valence-corrected chi connectivity index (χ3v) is 4.08. The number of methoxy groups -OCH3 is 2. The van der Waals surface area contributed by atoms with E-state index >= 15 is 0 Å². The molecule has 0 bridgehead atoms. The molecule has 0 saturated heterocycles. The maximum absolute atomic E-state index is 12.1. The third kappa shape index (κ3) is 5.64. The van der Waals surface area contributed by atoms with Gasteiger partial charge >= 0.3 is 5.97 Å². The summed E-state index contributed by atoms with van der Waals surface area (Å²) in [6.45, 7) is 1.28. The second kappa shape index (κ2) is 9.30. The topological polar surface area (TPSA) is 73.9 Å². The average Bonchev–Trinajstić information content (AvgIpc) is 2.63. The standard InChI is InChI=1S/C19H17Cl2NO5/c1-11(23)27-19-16(25-2)8-12(9-17(19)26-3)4-7-18(24)22-13-5-6-14(20)15(21)10-13/h4-10H,1-3H3,(H,22,24)/b7-4+. The number of rotatable bonds is 6. The Bertz CT molecular complexity index is 871. The Morgan fingerprint density at radius 3 is 2.15 bits per heavy atom. The highest BCUT2D eigenvalue weighted by Gasteiger charge is 2.15. The van der Waals surface area contributed by atoms with Crippen molar-refractivity contribution in [3.63, 3.8) is 0 Å². The van der Waals surface area contributed by atoms with E-state index in [1.165, 1.54) is 27.2 Å². The van der Waals surface area contributed by atoms with Gasteiger partial charge in [0.05, 0.1) is 24.3 Å². The summed E-state index contributed by atoms with van der Waals surface area (Å²) in [6.07, 6.45) is 2.90. The molecule has 27 heavy (non-hydrogen) atoms. The van der Waals surface area contributed by atoms with Gasteiger partial charge < -0.3 is 19.5 Å². The predicted octanol–water partition coefficient (Wildman–Crippen LogP) is 4.59. The van der Waals surface area contributed by atoms with Crippen LogP contribution in [0.5, 0.6) is 17.2 Å². The van der Waals surface area contributed by atoms with Crippen molar-refractivity contribution in [1.82, 2.24) is 0 Å². The summed E-state index contributed by atoms with van der Waals surface area (Å²) in [7, 11) is 2.87. The zero-order valence-electron chi connectivity index (χ0n) is 14.8. The average molecular weight is 410 g/mol. The molecule has 2 aromatic rings. The lowest BCUT2D eigenvalue weighted by Crippen LogP contribution is -2.07. The lowest BCUT2D eigenvalue weighted by molar-refractivity contribution is -0.132. The predicted molar refractivity (Wildman–Crippen MR) is 105 cm³/mol. The summed E-state index contributed by atoms with van der Waals surface area (Å²) in [4.78, 5) is 23.3. The smallest absolute Gasteiger partial charge is 0.308 e. The zero-order chi connectivity index (χ0) is 20.0. The van der Waals surface area contributed by atoms with Crippen LogP contribution in [0.2, 0.25) is 10.0 Å². The van der Waals surface area contributed by atoms with Crippen LogP contribution in [0.25, 0.3) is 6.08 Å². The van der Waals surface area contributed by atoms with E-state index in [0.717, 1.165) is 0 Å². The molecule has 0 atom stereocenters. The van der Waals surface area contributed by atoms with E-state index in [0.29, 0.717) is 32.8 Å². The number of hydrogen-bond donors (Lipinski definition) is 1. The van der Waals surface area contributed by atoms with Gasteiger partial charge in [0.1, 0.15) is 0 Å². The highest BCUT2D eigenvalue weighted by Crippen LogP contribution is 2.39. The number of carbonyl (C=O) groups excluding carboxylic acids is 2. The minimum Gasteiger partial charge on any atom is -0.493 e. The lowest BCUT2D eigenvalue weighted by Gasteiger charge is -2.13. The third-order valence-electron chi connectivity index (χ3n) is 3.34. The first kappa shape index (κ1) is 20.6. The quantitative estimate of drug-likeness (QED) is 0.429. The van der Waals surface area contributed by atoms with E-state index in [1.807, 2.05) is 0 Å². The molecule has 8 heteroatoms. The molecule has 6 nitrogen and oxygen atoms in total. The van der Waals surface area contributed by atoms with Gasteiger partial charge in [0.15, 0.2) is 11.5 Å². The van der Waals surface area contributed by atoms with E-state index in [1.54, 1.807) is 36.4 Å². The fourth-order valence-electron chi connectivity index (χ4n) is 2.17. The van der Waals surface area contributed by atoms with Crippen LogP contribution in [-0.4, -0.2) is 26.1 Å². The molecule has 0 heterocycles. The van der Waals surface area contributed by atoms with Gasteiger partial charge in [-0.3, -0.25) is 9.59 Å². The van der Waals surface area contributed by atoms with Crippen LogP contribution in [0.1, 0.15) is 12.5 Å². The summed E-state index contributed by atoms with van der Waals surface area (Å²) < 4.78 is 15.6. The van der Waals surface area contributed by atoms with Gasteiger partial charge in [-0.25, -0.2) is 0 Å². The minimum absolute atomic E-state index is 0.171. The molecule has 0 saturated carbocycles. The minimum atomic E-state index is -0.504. The Kier molecular flexibility index (Phi) is 7.10. The van der Waals surface area contributed by atoms with Crippen LogP contribution in [-0.2, 0) is 9.59 Å². The van der Waals surface area contributed by atoms with Crippen LogP contribution in [0.15, 0.2) is 36.4 Å². The molecule has 0 fully saturated rings. The van der Waals surface area contributed by atoms with Crippen LogP contribution >= 0.6 is 23.2 Å². The molecule has 0 aromatic heterocycles. The van der Waals surface area contributed by atoms with Crippen molar-refractivity contribution in [2.45, 2.75) is 6.92 Å². The van der Waals surface area contributed by atoms with Crippen molar-refractivity contribution in [3.8, 4) is 17.2 Å². The first-order valence-corrected chi connectivity index (χ1v) is 8.48.